The average Bonchev–Trinajstić information content (AvgIpc) is 2.34. The van der Waals surface area contributed by atoms with Gasteiger partial charge in [0, 0.05) is 7.05 Å². The fourth-order valence-corrected chi connectivity index (χ4v) is 0.875. The van der Waals surface area contributed by atoms with E-state index in [1.165, 1.54) is 0 Å². The third kappa shape index (κ3) is 2.18. The molecule has 1 aromatic heterocycles. The van der Waals surface area contributed by atoms with Crippen molar-refractivity contribution in [3.63, 3.8) is 0 Å². The first-order valence-electron chi connectivity index (χ1n) is 2.68. The number of hydrogen-bond acceptors (Lipinski definition) is 2. The number of aryl methyl sites for hydroxylation is 1. The highest BCUT2D eigenvalue weighted by Gasteiger charge is 2.06. The van der Waals surface area contributed by atoms with Crippen LogP contribution < -0.4 is 0 Å². The minimum atomic E-state index is 0.121. The Morgan fingerprint density at radius 3 is 2.64 bits per heavy atom. The quantitative estimate of drug-likeness (QED) is 0.772. The first-order valence-corrected chi connectivity index (χ1v) is 4.23. The molecule has 0 spiro atoms. The summed E-state index contributed by atoms with van der Waals surface area (Å²) in [6.45, 7) is 0. The molecule has 1 aromatic rings. The first-order chi connectivity index (χ1) is 5.11. The fourth-order valence-electron chi connectivity index (χ4n) is 0.524. The van der Waals surface area contributed by atoms with Crippen LogP contribution in [0.5, 0.6) is 0 Å². The summed E-state index contributed by atoms with van der Waals surface area (Å²) in [5.41, 5.74) is 0. The van der Waals surface area contributed by atoms with Gasteiger partial charge in [0.25, 0.3) is 0 Å². The van der Waals surface area contributed by atoms with Crippen molar-refractivity contribution in [1.82, 2.24) is 14.8 Å². The Morgan fingerprint density at radius 1 is 1.64 bits per heavy atom. The summed E-state index contributed by atoms with van der Waals surface area (Å²) >= 11 is 14.1. The Bertz CT molecular complexity index is 290. The Balaban J connectivity index is 3.03. The SMILES string of the molecule is Cn1cnc(C(Br)=C(Cl)Cl)n1. The molecule has 0 saturated heterocycles. The van der Waals surface area contributed by atoms with Crippen LogP contribution in [0.4, 0.5) is 0 Å². The van der Waals surface area contributed by atoms with Gasteiger partial charge in [0.1, 0.15) is 10.8 Å². The lowest BCUT2D eigenvalue weighted by molar-refractivity contribution is 0.763. The van der Waals surface area contributed by atoms with Gasteiger partial charge in [-0.1, -0.05) is 23.2 Å². The lowest BCUT2D eigenvalue weighted by Gasteiger charge is -1.89. The second-order valence-corrected chi connectivity index (χ2v) is 3.56. The molecule has 1 rings (SSSR count). The van der Waals surface area contributed by atoms with Gasteiger partial charge in [-0.15, -0.1) is 0 Å². The van der Waals surface area contributed by atoms with Crippen molar-refractivity contribution in [3.05, 3.63) is 16.6 Å². The molecular weight excluding hydrogens is 253 g/mol. The minimum absolute atomic E-state index is 0.121. The molecule has 0 aliphatic carbocycles. The van der Waals surface area contributed by atoms with Gasteiger partial charge in [-0.2, -0.15) is 5.10 Å². The van der Waals surface area contributed by atoms with Crippen LogP contribution in [0.1, 0.15) is 5.82 Å². The summed E-state index contributed by atoms with van der Waals surface area (Å²) in [6, 6.07) is 0. The van der Waals surface area contributed by atoms with E-state index in [4.69, 9.17) is 23.2 Å². The summed E-state index contributed by atoms with van der Waals surface area (Å²) < 4.78 is 2.19. The van der Waals surface area contributed by atoms with Crippen LogP contribution in [0.25, 0.3) is 4.48 Å². The van der Waals surface area contributed by atoms with Gasteiger partial charge >= 0.3 is 0 Å². The summed E-state index contributed by atoms with van der Waals surface area (Å²) in [4.78, 5) is 3.92. The number of halogens is 3. The minimum Gasteiger partial charge on any atom is -0.255 e. The van der Waals surface area contributed by atoms with Crippen LogP contribution in [-0.4, -0.2) is 14.8 Å². The van der Waals surface area contributed by atoms with Gasteiger partial charge in [-0.05, 0) is 15.9 Å². The van der Waals surface area contributed by atoms with Gasteiger partial charge < -0.3 is 0 Å². The molecular formula is C5H4BrCl2N3. The standard InChI is InChI=1S/C5H4BrCl2N3/c1-11-2-9-5(10-11)3(6)4(7)8/h2H,1H3. The van der Waals surface area contributed by atoms with E-state index in [0.29, 0.717) is 10.3 Å². The van der Waals surface area contributed by atoms with E-state index in [0.717, 1.165) is 0 Å². The Morgan fingerprint density at radius 2 is 2.27 bits per heavy atom. The highest BCUT2D eigenvalue weighted by Crippen LogP contribution is 2.26. The number of aromatic nitrogens is 3. The van der Waals surface area contributed by atoms with Crippen molar-refractivity contribution >= 4 is 43.6 Å². The third-order valence-corrected chi connectivity index (χ3v) is 2.55. The molecule has 0 unspecified atom stereocenters. The van der Waals surface area contributed by atoms with E-state index in [2.05, 4.69) is 26.0 Å². The molecule has 6 heteroatoms. The van der Waals surface area contributed by atoms with Crippen LogP contribution in [0.3, 0.4) is 0 Å². The Labute approximate surface area is 82.1 Å². The summed E-state index contributed by atoms with van der Waals surface area (Å²) in [5, 5.41) is 3.96. The van der Waals surface area contributed by atoms with Crippen molar-refractivity contribution in [3.8, 4) is 0 Å². The molecule has 11 heavy (non-hydrogen) atoms. The van der Waals surface area contributed by atoms with Crippen molar-refractivity contribution in [1.29, 1.82) is 0 Å². The second-order valence-electron chi connectivity index (χ2n) is 1.82. The normalized spacial score (nSPS) is 9.82. The fraction of sp³-hybridized carbons (Fsp3) is 0.200. The van der Waals surface area contributed by atoms with Gasteiger partial charge in [0.05, 0.1) is 4.48 Å². The number of nitrogens with zero attached hydrogens (tertiary/aromatic N) is 3. The van der Waals surface area contributed by atoms with Crippen LogP contribution >= 0.6 is 39.1 Å². The van der Waals surface area contributed by atoms with Crippen molar-refractivity contribution in [2.45, 2.75) is 0 Å². The molecule has 0 N–H and O–H groups in total. The molecule has 0 aliphatic rings. The molecule has 0 fully saturated rings. The smallest absolute Gasteiger partial charge is 0.190 e. The highest BCUT2D eigenvalue weighted by molar-refractivity contribution is 9.15. The lowest BCUT2D eigenvalue weighted by atomic mass is 10.6. The monoisotopic (exact) mass is 255 g/mol. The molecule has 1 heterocycles. The third-order valence-electron chi connectivity index (χ3n) is 0.962. The summed E-state index contributed by atoms with van der Waals surface area (Å²) in [6.07, 6.45) is 1.56. The van der Waals surface area contributed by atoms with E-state index < -0.39 is 0 Å². The van der Waals surface area contributed by atoms with Crippen LogP contribution in [0, 0.1) is 0 Å². The van der Waals surface area contributed by atoms with Crippen molar-refractivity contribution in [2.24, 2.45) is 7.05 Å². The topological polar surface area (TPSA) is 30.7 Å². The summed E-state index contributed by atoms with van der Waals surface area (Å²) in [7, 11) is 1.76. The van der Waals surface area contributed by atoms with Crippen molar-refractivity contribution in [2.75, 3.05) is 0 Å². The van der Waals surface area contributed by atoms with E-state index in [9.17, 15) is 0 Å². The molecule has 0 radical (unpaired) electrons. The molecule has 0 bridgehead atoms. The predicted molar refractivity (Wildman–Crippen MR) is 48.6 cm³/mol. The predicted octanol–water partition coefficient (Wildman–Crippen LogP) is 2.31. The molecule has 0 aliphatic heterocycles. The maximum atomic E-state index is 5.48. The molecule has 0 amide bonds. The van der Waals surface area contributed by atoms with E-state index in [-0.39, 0.29) is 4.49 Å². The Hall–Kier alpha value is -0.0600. The zero-order valence-electron chi connectivity index (χ0n) is 5.55. The van der Waals surface area contributed by atoms with Gasteiger partial charge in [0.2, 0.25) is 0 Å². The van der Waals surface area contributed by atoms with Crippen LogP contribution in [-0.2, 0) is 7.05 Å². The van der Waals surface area contributed by atoms with Gasteiger partial charge in [-0.25, -0.2) is 4.98 Å². The van der Waals surface area contributed by atoms with Crippen molar-refractivity contribution < 1.29 is 0 Å². The molecule has 3 nitrogen and oxygen atoms in total. The second kappa shape index (κ2) is 3.56. The van der Waals surface area contributed by atoms with E-state index in [1.54, 1.807) is 18.1 Å². The maximum absolute atomic E-state index is 5.48. The maximum Gasteiger partial charge on any atom is 0.190 e. The van der Waals surface area contributed by atoms with E-state index >= 15 is 0 Å². The summed E-state index contributed by atoms with van der Waals surface area (Å²) in [5.74, 6) is 0.479. The highest BCUT2D eigenvalue weighted by atomic mass is 79.9. The van der Waals surface area contributed by atoms with Crippen LogP contribution in [0.15, 0.2) is 10.8 Å². The lowest BCUT2D eigenvalue weighted by Crippen LogP contribution is -1.88. The number of rotatable bonds is 1. The largest absolute Gasteiger partial charge is 0.255 e. The molecule has 0 saturated carbocycles. The molecule has 0 atom stereocenters. The van der Waals surface area contributed by atoms with E-state index in [1.807, 2.05) is 0 Å². The molecule has 0 aromatic carbocycles. The molecule has 60 valence electrons. The Kier molecular flexibility index (Phi) is 2.92. The van der Waals surface area contributed by atoms with Gasteiger partial charge in [-0.3, -0.25) is 4.68 Å². The van der Waals surface area contributed by atoms with Crippen LogP contribution in [0.2, 0.25) is 0 Å². The number of hydrogen-bond donors (Lipinski definition) is 0. The zero-order valence-corrected chi connectivity index (χ0v) is 8.65. The average molecular weight is 257 g/mol. The van der Waals surface area contributed by atoms with Gasteiger partial charge in [0.15, 0.2) is 5.82 Å². The zero-order chi connectivity index (χ0) is 8.43. The first kappa shape index (κ1) is 9.03.